The van der Waals surface area contributed by atoms with Crippen molar-refractivity contribution < 1.29 is 14.3 Å². The van der Waals surface area contributed by atoms with Crippen molar-refractivity contribution in [3.63, 3.8) is 0 Å². The maximum Gasteiger partial charge on any atom is 0.356 e. The second-order valence-electron chi connectivity index (χ2n) is 5.44. The Morgan fingerprint density at radius 2 is 1.96 bits per heavy atom. The molecule has 0 bridgehead atoms. The molecule has 0 radical (unpaired) electrons. The molecule has 2 heterocycles. The lowest BCUT2D eigenvalue weighted by atomic mass is 10.1. The second-order valence-corrected chi connectivity index (χ2v) is 6.68. The lowest BCUT2D eigenvalue weighted by Crippen LogP contribution is -2.08. The predicted octanol–water partition coefficient (Wildman–Crippen LogP) is 4.50. The van der Waals surface area contributed by atoms with Crippen LogP contribution in [0, 0.1) is 6.92 Å². The van der Waals surface area contributed by atoms with Gasteiger partial charge in [0.1, 0.15) is 10.5 Å². The number of hydrogen-bond donors (Lipinski definition) is 0. The van der Waals surface area contributed by atoms with E-state index in [2.05, 4.69) is 11.1 Å². The van der Waals surface area contributed by atoms with E-state index >= 15 is 0 Å². The van der Waals surface area contributed by atoms with E-state index in [9.17, 15) is 4.79 Å². The molecule has 0 saturated heterocycles. The molecule has 0 aliphatic heterocycles. The van der Waals surface area contributed by atoms with Crippen molar-refractivity contribution in [1.82, 2.24) is 4.98 Å². The highest BCUT2D eigenvalue weighted by molar-refractivity contribution is 7.18. The average molecular weight is 341 g/mol. The number of nitrogens with zero attached hydrogens (tertiary/aromatic N) is 1. The van der Waals surface area contributed by atoms with Gasteiger partial charge in [-0.2, -0.15) is 0 Å². The van der Waals surface area contributed by atoms with Crippen LogP contribution < -0.4 is 0 Å². The number of pyridine rings is 1. The van der Waals surface area contributed by atoms with Gasteiger partial charge in [0.2, 0.25) is 0 Å². The molecule has 3 aromatic rings. The predicted molar refractivity (Wildman–Crippen MR) is 95.2 cm³/mol. The Morgan fingerprint density at radius 3 is 2.71 bits per heavy atom. The number of esters is 1. The van der Waals surface area contributed by atoms with Gasteiger partial charge in [-0.1, -0.05) is 30.3 Å². The Bertz CT molecular complexity index is 842. The fraction of sp³-hybridized carbons (Fsp3) is 0.263. The van der Waals surface area contributed by atoms with Crippen molar-refractivity contribution in [3.8, 4) is 0 Å². The summed E-state index contributed by atoms with van der Waals surface area (Å²) in [4.78, 5) is 18.5. The average Bonchev–Trinajstić information content (AvgIpc) is 2.96. The van der Waals surface area contributed by atoms with Gasteiger partial charge in [-0.05, 0) is 37.1 Å². The summed E-state index contributed by atoms with van der Waals surface area (Å²) in [6.07, 6.45) is 0. The number of carbonyl (C=O) groups is 1. The standard InChI is InChI=1S/C19H19NO3S/c1-3-23-19(21)17-10-15(16-9-13(2)24-18(16)20-17)12-22-11-14-7-5-4-6-8-14/h4-10H,3,11-12H2,1-2H3. The lowest BCUT2D eigenvalue weighted by Gasteiger charge is -2.08. The van der Waals surface area contributed by atoms with Crippen LogP contribution in [0.5, 0.6) is 0 Å². The van der Waals surface area contributed by atoms with Crippen LogP contribution in [-0.2, 0) is 22.7 Å². The molecular formula is C19H19NO3S. The summed E-state index contributed by atoms with van der Waals surface area (Å²) in [6, 6.07) is 13.9. The fourth-order valence-corrected chi connectivity index (χ4v) is 3.41. The molecule has 0 atom stereocenters. The van der Waals surface area contributed by atoms with E-state index in [0.717, 1.165) is 26.2 Å². The van der Waals surface area contributed by atoms with E-state index in [4.69, 9.17) is 9.47 Å². The number of aryl methyl sites for hydroxylation is 1. The monoisotopic (exact) mass is 341 g/mol. The van der Waals surface area contributed by atoms with Crippen molar-refractivity contribution in [2.75, 3.05) is 6.61 Å². The second kappa shape index (κ2) is 7.55. The SMILES string of the molecule is CCOC(=O)c1cc(COCc2ccccc2)c2cc(C)sc2n1. The first-order valence-electron chi connectivity index (χ1n) is 7.86. The zero-order valence-corrected chi connectivity index (χ0v) is 14.6. The smallest absolute Gasteiger partial charge is 0.356 e. The topological polar surface area (TPSA) is 48.4 Å². The van der Waals surface area contributed by atoms with E-state index < -0.39 is 5.97 Å². The van der Waals surface area contributed by atoms with Crippen LogP contribution in [0.15, 0.2) is 42.5 Å². The molecule has 0 saturated carbocycles. The largest absolute Gasteiger partial charge is 0.461 e. The van der Waals surface area contributed by atoms with Gasteiger partial charge in [0.05, 0.1) is 19.8 Å². The fourth-order valence-electron chi connectivity index (χ4n) is 2.48. The molecule has 0 unspecified atom stereocenters. The Kier molecular flexibility index (Phi) is 5.23. The molecule has 24 heavy (non-hydrogen) atoms. The molecule has 3 rings (SSSR count). The summed E-state index contributed by atoms with van der Waals surface area (Å²) in [5.41, 5.74) is 2.42. The van der Waals surface area contributed by atoms with Crippen molar-refractivity contribution in [3.05, 3.63) is 64.2 Å². The molecule has 2 aromatic heterocycles. The van der Waals surface area contributed by atoms with Gasteiger partial charge in [0.25, 0.3) is 0 Å². The minimum atomic E-state index is -0.394. The molecule has 1 aromatic carbocycles. The first kappa shape index (κ1) is 16.6. The number of rotatable bonds is 6. The first-order valence-corrected chi connectivity index (χ1v) is 8.68. The van der Waals surface area contributed by atoms with Crippen LogP contribution in [0.4, 0.5) is 0 Å². The molecule has 0 aliphatic carbocycles. The van der Waals surface area contributed by atoms with E-state index in [1.165, 1.54) is 0 Å². The summed E-state index contributed by atoms with van der Waals surface area (Å²) in [5.74, 6) is -0.394. The summed E-state index contributed by atoms with van der Waals surface area (Å²) in [5, 5.41) is 1.04. The quantitative estimate of drug-likeness (QED) is 0.620. The Morgan fingerprint density at radius 1 is 1.17 bits per heavy atom. The summed E-state index contributed by atoms with van der Waals surface area (Å²) < 4.78 is 10.9. The van der Waals surface area contributed by atoms with Gasteiger partial charge in [-0.15, -0.1) is 11.3 Å². The summed E-state index contributed by atoms with van der Waals surface area (Å²) in [7, 11) is 0. The van der Waals surface area contributed by atoms with Crippen LogP contribution in [0.25, 0.3) is 10.2 Å². The normalized spacial score (nSPS) is 10.9. The Balaban J connectivity index is 1.83. The highest BCUT2D eigenvalue weighted by Crippen LogP contribution is 2.28. The third-order valence-electron chi connectivity index (χ3n) is 3.57. The Labute approximate surface area is 145 Å². The van der Waals surface area contributed by atoms with Gasteiger partial charge in [0, 0.05) is 10.3 Å². The van der Waals surface area contributed by atoms with Crippen LogP contribution in [0.2, 0.25) is 0 Å². The molecular weight excluding hydrogens is 322 g/mol. The minimum absolute atomic E-state index is 0.335. The molecule has 0 N–H and O–H groups in total. The van der Waals surface area contributed by atoms with E-state index in [-0.39, 0.29) is 0 Å². The highest BCUT2D eigenvalue weighted by atomic mass is 32.1. The number of benzene rings is 1. The molecule has 0 fully saturated rings. The molecule has 0 aliphatic rings. The number of aromatic nitrogens is 1. The van der Waals surface area contributed by atoms with Gasteiger partial charge >= 0.3 is 5.97 Å². The third-order valence-corrected chi connectivity index (χ3v) is 4.51. The van der Waals surface area contributed by atoms with Crippen molar-refractivity contribution in [2.45, 2.75) is 27.1 Å². The van der Waals surface area contributed by atoms with Crippen LogP contribution in [0.1, 0.15) is 33.4 Å². The van der Waals surface area contributed by atoms with Gasteiger partial charge in [-0.25, -0.2) is 9.78 Å². The van der Waals surface area contributed by atoms with E-state index in [1.54, 1.807) is 24.3 Å². The maximum absolute atomic E-state index is 12.0. The van der Waals surface area contributed by atoms with Crippen molar-refractivity contribution in [1.29, 1.82) is 0 Å². The van der Waals surface area contributed by atoms with Crippen molar-refractivity contribution in [2.24, 2.45) is 0 Å². The number of thiophene rings is 1. The van der Waals surface area contributed by atoms with Crippen LogP contribution in [0.3, 0.4) is 0 Å². The molecule has 124 valence electrons. The van der Waals surface area contributed by atoms with Crippen LogP contribution in [-0.4, -0.2) is 17.6 Å². The minimum Gasteiger partial charge on any atom is -0.461 e. The van der Waals surface area contributed by atoms with E-state index in [0.29, 0.717) is 25.5 Å². The van der Waals surface area contributed by atoms with Gasteiger partial charge in [0.15, 0.2) is 0 Å². The van der Waals surface area contributed by atoms with E-state index in [1.807, 2.05) is 37.3 Å². The van der Waals surface area contributed by atoms with Crippen LogP contribution >= 0.6 is 11.3 Å². The molecule has 0 spiro atoms. The molecule has 5 heteroatoms. The highest BCUT2D eigenvalue weighted by Gasteiger charge is 2.15. The molecule has 0 amide bonds. The number of fused-ring (bicyclic) bond motifs is 1. The zero-order valence-electron chi connectivity index (χ0n) is 13.7. The first-order chi connectivity index (χ1) is 11.7. The zero-order chi connectivity index (χ0) is 16.9. The number of hydrogen-bond acceptors (Lipinski definition) is 5. The van der Waals surface area contributed by atoms with Crippen molar-refractivity contribution >= 4 is 27.5 Å². The number of carbonyl (C=O) groups excluding carboxylic acids is 1. The lowest BCUT2D eigenvalue weighted by molar-refractivity contribution is 0.0519. The number of ether oxygens (including phenoxy) is 2. The summed E-state index contributed by atoms with van der Waals surface area (Å²) >= 11 is 1.57. The third kappa shape index (κ3) is 3.80. The summed E-state index contributed by atoms with van der Waals surface area (Å²) in [6.45, 7) is 5.11. The maximum atomic E-state index is 12.0. The Hall–Kier alpha value is -2.24. The van der Waals surface area contributed by atoms with Gasteiger partial charge in [-0.3, -0.25) is 0 Å². The van der Waals surface area contributed by atoms with Gasteiger partial charge < -0.3 is 9.47 Å². The molecule has 4 nitrogen and oxygen atoms in total.